The summed E-state index contributed by atoms with van der Waals surface area (Å²) in [6.45, 7) is 2.65. The predicted molar refractivity (Wildman–Crippen MR) is 58.6 cm³/mol. The van der Waals surface area contributed by atoms with Crippen LogP contribution < -0.4 is 11.1 Å². The molecular formula is C9H17N5O. The van der Waals surface area contributed by atoms with Crippen molar-refractivity contribution in [3.8, 4) is 0 Å². The second-order valence-corrected chi connectivity index (χ2v) is 2.96. The van der Waals surface area contributed by atoms with Gasteiger partial charge in [0, 0.05) is 26.0 Å². The Morgan fingerprint density at radius 3 is 3.20 bits per heavy atom. The van der Waals surface area contributed by atoms with Gasteiger partial charge in [0.1, 0.15) is 0 Å². The van der Waals surface area contributed by atoms with Crippen LogP contribution in [0.25, 0.3) is 0 Å². The van der Waals surface area contributed by atoms with Crippen molar-refractivity contribution in [3.05, 3.63) is 18.5 Å². The number of nitrogens with one attached hydrogen (secondary N) is 1. The van der Waals surface area contributed by atoms with E-state index < -0.39 is 0 Å². The maximum atomic E-state index is 5.61. The Balaban J connectivity index is 2.11. The lowest BCUT2D eigenvalue weighted by atomic mass is 10.6. The van der Waals surface area contributed by atoms with Gasteiger partial charge in [-0.05, 0) is 6.07 Å². The van der Waals surface area contributed by atoms with Gasteiger partial charge in [0.2, 0.25) is 0 Å². The molecule has 0 unspecified atom stereocenters. The van der Waals surface area contributed by atoms with E-state index in [0.29, 0.717) is 25.7 Å². The summed E-state index contributed by atoms with van der Waals surface area (Å²) < 4.78 is 6.68. The molecule has 6 heteroatoms. The first-order valence-electron chi connectivity index (χ1n) is 4.83. The molecule has 0 aliphatic rings. The zero-order valence-electron chi connectivity index (χ0n) is 8.89. The molecule has 0 fully saturated rings. The molecule has 0 atom stereocenters. The molecule has 0 aliphatic heterocycles. The van der Waals surface area contributed by atoms with E-state index in [0.717, 1.165) is 6.54 Å². The van der Waals surface area contributed by atoms with Crippen LogP contribution in [-0.2, 0) is 11.3 Å². The molecule has 3 N–H and O–H groups in total. The smallest absolute Gasteiger partial charge is 0.188 e. The molecule has 0 amide bonds. The summed E-state index contributed by atoms with van der Waals surface area (Å²) >= 11 is 0. The average molecular weight is 211 g/mol. The fraction of sp³-hybridized carbons (Fsp3) is 0.556. The van der Waals surface area contributed by atoms with E-state index in [-0.39, 0.29) is 0 Å². The minimum Gasteiger partial charge on any atom is -0.383 e. The van der Waals surface area contributed by atoms with E-state index in [4.69, 9.17) is 10.5 Å². The van der Waals surface area contributed by atoms with Crippen LogP contribution in [0, 0.1) is 0 Å². The maximum Gasteiger partial charge on any atom is 0.188 e. The number of methoxy groups -OCH3 is 1. The van der Waals surface area contributed by atoms with E-state index in [2.05, 4.69) is 15.4 Å². The van der Waals surface area contributed by atoms with Crippen LogP contribution >= 0.6 is 0 Å². The molecule has 1 aromatic heterocycles. The van der Waals surface area contributed by atoms with Crippen LogP contribution in [0.15, 0.2) is 23.5 Å². The number of nitrogens with two attached hydrogens (primary N) is 1. The minimum atomic E-state index is 0.444. The number of nitrogens with zero attached hydrogens (tertiary/aromatic N) is 3. The zero-order chi connectivity index (χ0) is 10.9. The van der Waals surface area contributed by atoms with Gasteiger partial charge in [0.25, 0.3) is 0 Å². The molecule has 0 saturated heterocycles. The van der Waals surface area contributed by atoms with Gasteiger partial charge in [-0.25, -0.2) is 0 Å². The van der Waals surface area contributed by atoms with Gasteiger partial charge in [-0.1, -0.05) is 0 Å². The predicted octanol–water partition coefficient (Wildman–Crippen LogP) is -0.566. The molecular weight excluding hydrogens is 194 g/mol. The lowest BCUT2D eigenvalue weighted by molar-refractivity contribution is 0.208. The van der Waals surface area contributed by atoms with Crippen molar-refractivity contribution >= 4 is 5.96 Å². The molecule has 0 radical (unpaired) electrons. The second kappa shape index (κ2) is 6.83. The molecule has 0 bridgehead atoms. The van der Waals surface area contributed by atoms with Gasteiger partial charge in [0.15, 0.2) is 5.96 Å². The summed E-state index contributed by atoms with van der Waals surface area (Å²) in [7, 11) is 1.64. The van der Waals surface area contributed by atoms with Crippen molar-refractivity contribution in [3.63, 3.8) is 0 Å². The van der Waals surface area contributed by atoms with Crippen molar-refractivity contribution in [1.82, 2.24) is 15.1 Å². The van der Waals surface area contributed by atoms with Gasteiger partial charge in [-0.3, -0.25) is 9.67 Å². The van der Waals surface area contributed by atoms with Crippen LogP contribution in [0.4, 0.5) is 0 Å². The Kier molecular flexibility index (Phi) is 5.24. The summed E-state index contributed by atoms with van der Waals surface area (Å²) in [5, 5.41) is 7.06. The monoisotopic (exact) mass is 211 g/mol. The normalized spacial score (nSPS) is 11.7. The number of rotatable bonds is 6. The third kappa shape index (κ3) is 5.02. The van der Waals surface area contributed by atoms with Gasteiger partial charge in [-0.15, -0.1) is 0 Å². The molecule has 1 heterocycles. The average Bonchev–Trinajstić information content (AvgIpc) is 2.71. The van der Waals surface area contributed by atoms with Crippen molar-refractivity contribution in [2.45, 2.75) is 6.54 Å². The highest BCUT2D eigenvalue weighted by Gasteiger charge is 1.92. The SMILES string of the molecule is COCCN=C(N)NCCn1cccn1. The molecule has 84 valence electrons. The van der Waals surface area contributed by atoms with Crippen molar-refractivity contribution in [1.29, 1.82) is 0 Å². The Hall–Kier alpha value is -1.56. The number of ether oxygens (including phenoxy) is 1. The Morgan fingerprint density at radius 1 is 1.67 bits per heavy atom. The first-order chi connectivity index (χ1) is 7.33. The number of hydrogen-bond acceptors (Lipinski definition) is 3. The quantitative estimate of drug-likeness (QED) is 0.375. The van der Waals surface area contributed by atoms with Crippen LogP contribution in [0.3, 0.4) is 0 Å². The number of aliphatic imine (C=N–C) groups is 1. The van der Waals surface area contributed by atoms with Gasteiger partial charge >= 0.3 is 0 Å². The molecule has 0 spiro atoms. The van der Waals surface area contributed by atoms with Crippen molar-refractivity contribution in [2.24, 2.45) is 10.7 Å². The zero-order valence-corrected chi connectivity index (χ0v) is 8.89. The highest BCUT2D eigenvalue weighted by atomic mass is 16.5. The van der Waals surface area contributed by atoms with E-state index in [1.54, 1.807) is 13.3 Å². The first kappa shape index (κ1) is 11.5. The summed E-state index contributed by atoms with van der Waals surface area (Å²) in [5.41, 5.74) is 5.61. The summed E-state index contributed by atoms with van der Waals surface area (Å²) in [4.78, 5) is 4.06. The Labute approximate surface area is 89.1 Å². The highest BCUT2D eigenvalue weighted by Crippen LogP contribution is 1.82. The summed E-state index contributed by atoms with van der Waals surface area (Å²) in [6, 6.07) is 1.88. The van der Waals surface area contributed by atoms with Crippen LogP contribution in [-0.4, -0.2) is 42.5 Å². The molecule has 0 aromatic carbocycles. The highest BCUT2D eigenvalue weighted by molar-refractivity contribution is 5.77. The lowest BCUT2D eigenvalue weighted by Crippen LogP contribution is -2.34. The number of hydrogen-bond donors (Lipinski definition) is 2. The van der Waals surface area contributed by atoms with Gasteiger partial charge in [-0.2, -0.15) is 5.10 Å². The van der Waals surface area contributed by atoms with Gasteiger partial charge in [0.05, 0.1) is 19.7 Å². The lowest BCUT2D eigenvalue weighted by Gasteiger charge is -2.05. The number of aromatic nitrogens is 2. The van der Waals surface area contributed by atoms with E-state index in [1.807, 2.05) is 16.9 Å². The van der Waals surface area contributed by atoms with Crippen LogP contribution in [0.2, 0.25) is 0 Å². The van der Waals surface area contributed by atoms with Crippen LogP contribution in [0.5, 0.6) is 0 Å². The molecule has 0 saturated carbocycles. The molecule has 6 nitrogen and oxygen atoms in total. The first-order valence-corrected chi connectivity index (χ1v) is 4.83. The standard InChI is InChI=1S/C9H17N5O/c1-15-8-5-12-9(10)11-4-7-14-6-2-3-13-14/h2-3,6H,4-5,7-8H2,1H3,(H3,10,11,12). The summed E-state index contributed by atoms with van der Waals surface area (Å²) in [6.07, 6.45) is 3.65. The van der Waals surface area contributed by atoms with Crippen LogP contribution in [0.1, 0.15) is 0 Å². The van der Waals surface area contributed by atoms with E-state index in [9.17, 15) is 0 Å². The Bertz CT molecular complexity index is 283. The van der Waals surface area contributed by atoms with E-state index in [1.165, 1.54) is 0 Å². The fourth-order valence-corrected chi connectivity index (χ4v) is 1.04. The van der Waals surface area contributed by atoms with E-state index >= 15 is 0 Å². The third-order valence-electron chi connectivity index (χ3n) is 1.78. The number of guanidine groups is 1. The Morgan fingerprint density at radius 2 is 2.53 bits per heavy atom. The topological polar surface area (TPSA) is 77.5 Å². The second-order valence-electron chi connectivity index (χ2n) is 2.96. The maximum absolute atomic E-state index is 5.61. The van der Waals surface area contributed by atoms with Crippen molar-refractivity contribution < 1.29 is 4.74 Å². The van der Waals surface area contributed by atoms with Crippen molar-refractivity contribution in [2.75, 3.05) is 26.8 Å². The molecule has 1 rings (SSSR count). The largest absolute Gasteiger partial charge is 0.383 e. The third-order valence-corrected chi connectivity index (χ3v) is 1.78. The minimum absolute atomic E-state index is 0.444. The molecule has 15 heavy (non-hydrogen) atoms. The fourth-order valence-electron chi connectivity index (χ4n) is 1.04. The van der Waals surface area contributed by atoms with Gasteiger partial charge < -0.3 is 15.8 Å². The summed E-state index contributed by atoms with van der Waals surface area (Å²) in [5.74, 6) is 0.444. The molecule has 0 aliphatic carbocycles. The molecule has 1 aromatic rings.